The van der Waals surface area contributed by atoms with E-state index in [2.05, 4.69) is 32.1 Å². The molecule has 0 fully saturated rings. The summed E-state index contributed by atoms with van der Waals surface area (Å²) in [5.41, 5.74) is 9.85. The van der Waals surface area contributed by atoms with Crippen LogP contribution < -0.4 is 15.8 Å². The first-order valence-electron chi connectivity index (χ1n) is 9.87. The highest BCUT2D eigenvalue weighted by Gasteiger charge is 2.16. The quantitative estimate of drug-likeness (QED) is 0.421. The second-order valence-corrected chi connectivity index (χ2v) is 7.02. The van der Waals surface area contributed by atoms with Crippen LogP contribution in [-0.2, 0) is 4.79 Å². The molecule has 0 saturated carbocycles. The molecule has 0 aliphatic heterocycles. The van der Waals surface area contributed by atoms with Crippen LogP contribution >= 0.6 is 0 Å². The first-order valence-corrected chi connectivity index (χ1v) is 9.87. The van der Waals surface area contributed by atoms with Gasteiger partial charge in [-0.05, 0) is 54.5 Å². The summed E-state index contributed by atoms with van der Waals surface area (Å²) in [6, 6.07) is 13.3. The van der Waals surface area contributed by atoms with Gasteiger partial charge in [-0.1, -0.05) is 24.8 Å². The molecule has 4 aromatic rings. The first-order chi connectivity index (χ1) is 15.9. The largest absolute Gasteiger partial charge is 0.421 e. The van der Waals surface area contributed by atoms with Crippen molar-refractivity contribution in [3.05, 3.63) is 85.1 Å². The van der Waals surface area contributed by atoms with Crippen LogP contribution in [0.5, 0.6) is 11.8 Å². The zero-order valence-electron chi connectivity index (χ0n) is 17.6. The summed E-state index contributed by atoms with van der Waals surface area (Å²) >= 11 is 0. The molecule has 2 heterocycles. The lowest BCUT2D eigenvalue weighted by Crippen LogP contribution is -2.06. The Balaban J connectivity index is 1.68. The minimum atomic E-state index is -0.609. The zero-order chi connectivity index (χ0) is 23.4. The predicted octanol–water partition coefficient (Wildman–Crippen LogP) is 4.55. The highest BCUT2D eigenvalue weighted by atomic mass is 19.1. The van der Waals surface area contributed by atoms with E-state index >= 15 is 0 Å². The van der Waals surface area contributed by atoms with E-state index in [-0.39, 0.29) is 23.5 Å². The summed E-state index contributed by atoms with van der Waals surface area (Å²) in [6.45, 7) is 5.22. The number of nitrogens with zero attached hydrogens (tertiary/aromatic N) is 4. The highest BCUT2D eigenvalue weighted by Crippen LogP contribution is 2.37. The monoisotopic (exact) mass is 442 g/mol. The number of ether oxygens (including phenoxy) is 1. The molecule has 3 N–H and O–H groups in total. The van der Waals surface area contributed by atoms with Gasteiger partial charge >= 0.3 is 6.01 Å². The van der Waals surface area contributed by atoms with Crippen LogP contribution in [0, 0.1) is 12.7 Å². The van der Waals surface area contributed by atoms with Gasteiger partial charge in [0.1, 0.15) is 0 Å². The molecule has 2 aromatic carbocycles. The van der Waals surface area contributed by atoms with Gasteiger partial charge in [0.05, 0.1) is 6.20 Å². The SMILES string of the molecule is C=CC(=O)Nc1ccc(-c2cnnc(N)c2-c2ccc(Oc3nccc(C)n3)c(F)c2)cc1. The Hall–Kier alpha value is -4.66. The van der Waals surface area contributed by atoms with Gasteiger partial charge in [0, 0.05) is 28.7 Å². The Morgan fingerprint density at radius 3 is 2.61 bits per heavy atom. The third-order valence-electron chi connectivity index (χ3n) is 4.72. The lowest BCUT2D eigenvalue weighted by atomic mass is 9.96. The van der Waals surface area contributed by atoms with Gasteiger partial charge in [0.2, 0.25) is 5.91 Å². The third kappa shape index (κ3) is 4.82. The molecule has 0 spiro atoms. The standard InChI is InChI=1S/C24H19FN6O2/c1-3-21(32)30-17-7-4-15(5-8-17)18-13-28-31-23(26)22(18)16-6-9-20(19(25)12-16)33-24-27-11-10-14(2)29-24/h3-13H,1H2,2H3,(H2,26,31)(H,30,32). The molecule has 0 radical (unpaired) electrons. The molecule has 0 aliphatic carbocycles. The van der Waals surface area contributed by atoms with E-state index in [1.807, 2.05) is 0 Å². The van der Waals surface area contributed by atoms with Crippen molar-refractivity contribution in [1.82, 2.24) is 20.2 Å². The van der Waals surface area contributed by atoms with Crippen molar-refractivity contribution >= 4 is 17.4 Å². The maximum absolute atomic E-state index is 14.9. The molecular weight excluding hydrogens is 423 g/mol. The summed E-state index contributed by atoms with van der Waals surface area (Å²) in [7, 11) is 0. The Kier molecular flexibility index (Phi) is 6.03. The summed E-state index contributed by atoms with van der Waals surface area (Å²) in [5.74, 6) is -0.796. The number of anilines is 2. The molecular formula is C24H19FN6O2. The third-order valence-corrected chi connectivity index (χ3v) is 4.72. The molecule has 0 aliphatic rings. The van der Waals surface area contributed by atoms with Crippen LogP contribution in [0.15, 0.2) is 73.6 Å². The van der Waals surface area contributed by atoms with Gasteiger partial charge in [-0.2, -0.15) is 5.10 Å². The molecule has 0 bridgehead atoms. The van der Waals surface area contributed by atoms with E-state index in [1.165, 1.54) is 24.4 Å². The van der Waals surface area contributed by atoms with Gasteiger partial charge in [-0.15, -0.1) is 5.10 Å². The molecule has 33 heavy (non-hydrogen) atoms. The summed E-state index contributed by atoms with van der Waals surface area (Å²) in [6.07, 6.45) is 4.27. The van der Waals surface area contributed by atoms with E-state index in [4.69, 9.17) is 10.5 Å². The molecule has 0 atom stereocenters. The summed E-state index contributed by atoms with van der Waals surface area (Å²) in [4.78, 5) is 19.6. The van der Waals surface area contributed by atoms with E-state index in [9.17, 15) is 9.18 Å². The summed E-state index contributed by atoms with van der Waals surface area (Å²) in [5, 5.41) is 10.5. The van der Waals surface area contributed by atoms with E-state index in [1.54, 1.807) is 49.5 Å². The van der Waals surface area contributed by atoms with E-state index < -0.39 is 5.82 Å². The second kappa shape index (κ2) is 9.23. The Labute approximate surface area is 189 Å². The molecule has 2 aromatic heterocycles. The Bertz CT molecular complexity index is 1340. The highest BCUT2D eigenvalue weighted by molar-refractivity contribution is 5.99. The van der Waals surface area contributed by atoms with Gasteiger partial charge in [-0.3, -0.25) is 4.79 Å². The normalized spacial score (nSPS) is 10.5. The average Bonchev–Trinajstić information content (AvgIpc) is 2.81. The maximum Gasteiger partial charge on any atom is 0.322 e. The summed E-state index contributed by atoms with van der Waals surface area (Å²) < 4.78 is 20.4. The molecule has 8 nitrogen and oxygen atoms in total. The fourth-order valence-electron chi connectivity index (χ4n) is 3.16. The maximum atomic E-state index is 14.9. The van der Waals surface area contributed by atoms with Crippen molar-refractivity contribution in [1.29, 1.82) is 0 Å². The van der Waals surface area contributed by atoms with Crippen molar-refractivity contribution in [3.8, 4) is 34.0 Å². The number of aromatic nitrogens is 4. The number of hydrogen-bond acceptors (Lipinski definition) is 7. The van der Waals surface area contributed by atoms with Gasteiger partial charge in [-0.25, -0.2) is 14.4 Å². The van der Waals surface area contributed by atoms with Crippen molar-refractivity contribution in [2.75, 3.05) is 11.1 Å². The van der Waals surface area contributed by atoms with E-state index in [0.717, 1.165) is 5.56 Å². The topological polar surface area (TPSA) is 116 Å². The van der Waals surface area contributed by atoms with E-state index in [0.29, 0.717) is 28.1 Å². The lowest BCUT2D eigenvalue weighted by Gasteiger charge is -2.13. The Morgan fingerprint density at radius 2 is 1.91 bits per heavy atom. The number of nitrogens with two attached hydrogens (primary N) is 1. The molecule has 4 rings (SSSR count). The fourth-order valence-corrected chi connectivity index (χ4v) is 3.16. The van der Waals surface area contributed by atoms with Gasteiger partial charge < -0.3 is 15.8 Å². The number of aryl methyl sites for hydroxylation is 1. The Morgan fingerprint density at radius 1 is 1.15 bits per heavy atom. The minimum Gasteiger partial charge on any atom is -0.421 e. The minimum absolute atomic E-state index is 0.0196. The van der Waals surface area contributed by atoms with Crippen molar-refractivity contribution in [2.24, 2.45) is 0 Å². The van der Waals surface area contributed by atoms with Crippen molar-refractivity contribution in [2.45, 2.75) is 6.92 Å². The average molecular weight is 442 g/mol. The number of halogens is 1. The number of amides is 1. The van der Waals surface area contributed by atoms with Crippen LogP contribution in [0.25, 0.3) is 22.3 Å². The zero-order valence-corrected chi connectivity index (χ0v) is 17.6. The number of hydrogen-bond donors (Lipinski definition) is 2. The van der Waals surface area contributed by atoms with Gasteiger partial charge in [0.15, 0.2) is 17.4 Å². The molecule has 9 heteroatoms. The van der Waals surface area contributed by atoms with Crippen LogP contribution in [0.1, 0.15) is 5.69 Å². The number of benzene rings is 2. The van der Waals surface area contributed by atoms with Crippen molar-refractivity contribution in [3.63, 3.8) is 0 Å². The number of nitrogens with one attached hydrogen (secondary N) is 1. The van der Waals surface area contributed by atoms with Crippen LogP contribution in [0.2, 0.25) is 0 Å². The first kappa shape index (κ1) is 21.6. The number of nitrogen functional groups attached to an aromatic ring is 1. The number of carbonyl (C=O) groups excluding carboxylic acids is 1. The predicted molar refractivity (Wildman–Crippen MR) is 123 cm³/mol. The molecule has 1 amide bonds. The fraction of sp³-hybridized carbons (Fsp3) is 0.0417. The smallest absolute Gasteiger partial charge is 0.322 e. The molecule has 164 valence electrons. The van der Waals surface area contributed by atoms with Crippen molar-refractivity contribution < 1.29 is 13.9 Å². The number of rotatable bonds is 6. The van der Waals surface area contributed by atoms with Crippen LogP contribution in [-0.4, -0.2) is 26.1 Å². The van der Waals surface area contributed by atoms with Crippen LogP contribution in [0.3, 0.4) is 0 Å². The van der Waals surface area contributed by atoms with Crippen LogP contribution in [0.4, 0.5) is 15.9 Å². The molecule has 0 unspecified atom stereocenters. The number of carbonyl (C=O) groups is 1. The second-order valence-electron chi connectivity index (χ2n) is 7.02. The lowest BCUT2D eigenvalue weighted by molar-refractivity contribution is -0.111. The molecule has 0 saturated heterocycles. The van der Waals surface area contributed by atoms with Gasteiger partial charge in [0.25, 0.3) is 0 Å².